The Kier molecular flexibility index (Phi) is 15.6. The third-order valence-corrected chi connectivity index (χ3v) is 26.5. The van der Waals surface area contributed by atoms with Gasteiger partial charge in [-0.15, -0.1) is 0 Å². The molecule has 5 aliphatic rings. The number of fused-ring (bicyclic) bond motifs is 26. The van der Waals surface area contributed by atoms with Gasteiger partial charge in [-0.05, 0) is 255 Å². The van der Waals surface area contributed by atoms with Crippen LogP contribution in [0.5, 0.6) is 0 Å². The number of aromatic nitrogens is 1. The minimum absolute atomic E-state index is 0.146. The number of rotatable bonds is 10. The first kappa shape index (κ1) is 68.9. The van der Waals surface area contributed by atoms with E-state index in [4.69, 9.17) is 0 Å². The van der Waals surface area contributed by atoms with Crippen molar-refractivity contribution in [3.63, 3.8) is 0 Å². The maximum Gasteiger partial charge on any atom is 0.0726 e. The lowest BCUT2D eigenvalue weighted by molar-refractivity contribution is 0.660. The molecule has 0 saturated heterocycles. The van der Waals surface area contributed by atoms with Crippen molar-refractivity contribution in [2.24, 2.45) is 0 Å². The number of nitrogens with zero attached hydrogens (tertiary/aromatic N) is 3. The summed E-state index contributed by atoms with van der Waals surface area (Å²) in [5.74, 6) is 0. The van der Waals surface area contributed by atoms with Crippen LogP contribution in [-0.4, -0.2) is 4.57 Å². The van der Waals surface area contributed by atoms with Gasteiger partial charge in [0.15, 0.2) is 0 Å². The molecule has 118 heavy (non-hydrogen) atoms. The molecule has 3 heteroatoms. The Bertz CT molecular complexity index is 7120. The lowest BCUT2D eigenvalue weighted by Gasteiger charge is -2.32. The van der Waals surface area contributed by atoms with Gasteiger partial charge in [-0.3, -0.25) is 0 Å². The van der Waals surface area contributed by atoms with Crippen LogP contribution in [0.4, 0.5) is 34.1 Å². The number of para-hydroxylation sites is 2. The molecule has 0 fully saturated rings. The van der Waals surface area contributed by atoms with Gasteiger partial charge in [0.25, 0.3) is 0 Å². The van der Waals surface area contributed by atoms with E-state index in [9.17, 15) is 0 Å². The summed E-state index contributed by atoms with van der Waals surface area (Å²) in [6, 6.07) is 156. The highest BCUT2D eigenvalue weighted by Gasteiger charge is 2.54. The fraction of sp³-hybridized carbons (Fsp3) is 0.0609. The van der Waals surface area contributed by atoms with Crippen LogP contribution in [0.3, 0.4) is 0 Å². The summed E-state index contributed by atoms with van der Waals surface area (Å²) in [4.78, 5) is 4.99. The van der Waals surface area contributed by atoms with Crippen molar-refractivity contribution < 1.29 is 0 Å². The zero-order valence-corrected chi connectivity index (χ0v) is 66.2. The SMILES string of the molecule is CC1(C)c2ccccc2-c2ccc(N(c3ccc4c(c3)c3ccccc3n4-c3ccccc3)c3cccc4c3-c3ccccc3C43c4ccccc4-c4ccccc43)cc21.Cc1cc(-c2ccccc2)ccc1N(c1ccc(-c2cccc3c2-c2ccccc2C32c3ccccc3-c3ccccc32)cc1)c1ccc(-c2ccccc2)cc1C. The van der Waals surface area contributed by atoms with E-state index < -0.39 is 5.41 Å². The average molecular weight is 1500 g/mol. The zero-order valence-electron chi connectivity index (χ0n) is 66.2. The summed E-state index contributed by atoms with van der Waals surface area (Å²) in [5, 5.41) is 2.47. The van der Waals surface area contributed by atoms with Crippen molar-refractivity contribution in [1.29, 1.82) is 0 Å². The Balaban J connectivity index is 0.000000139. The van der Waals surface area contributed by atoms with Gasteiger partial charge >= 0.3 is 0 Å². The first-order chi connectivity index (χ1) is 58.2. The molecule has 1 aromatic heterocycles. The Morgan fingerprint density at radius 2 is 0.585 bits per heavy atom. The largest absolute Gasteiger partial charge is 0.310 e. The van der Waals surface area contributed by atoms with E-state index in [0.717, 1.165) is 34.1 Å². The minimum Gasteiger partial charge on any atom is -0.310 e. The molecule has 556 valence electrons. The van der Waals surface area contributed by atoms with Crippen molar-refractivity contribution in [2.45, 2.75) is 43.9 Å². The number of anilines is 6. The molecule has 0 atom stereocenters. The van der Waals surface area contributed by atoms with Crippen molar-refractivity contribution in [3.05, 3.63) is 485 Å². The highest BCUT2D eigenvalue weighted by Crippen LogP contribution is 2.67. The predicted molar refractivity (Wildman–Crippen MR) is 493 cm³/mol. The molecule has 0 radical (unpaired) electrons. The Morgan fingerprint density at radius 1 is 0.212 bits per heavy atom. The summed E-state index contributed by atoms with van der Waals surface area (Å²) >= 11 is 0. The lowest BCUT2D eigenvalue weighted by Crippen LogP contribution is -2.26. The minimum atomic E-state index is -0.435. The van der Waals surface area contributed by atoms with Gasteiger partial charge in [-0.25, -0.2) is 0 Å². The fourth-order valence-electron chi connectivity index (χ4n) is 21.5. The molecular weight excluding hydrogens is 1420 g/mol. The molecule has 0 bridgehead atoms. The smallest absolute Gasteiger partial charge is 0.0726 e. The molecule has 0 N–H and O–H groups in total. The molecule has 1 heterocycles. The van der Waals surface area contributed by atoms with Crippen molar-refractivity contribution in [1.82, 2.24) is 4.57 Å². The molecule has 19 aromatic rings. The van der Waals surface area contributed by atoms with Crippen LogP contribution in [0, 0.1) is 13.8 Å². The molecular formula is C115H81N3. The van der Waals surface area contributed by atoms with Crippen molar-refractivity contribution in [2.75, 3.05) is 9.80 Å². The van der Waals surface area contributed by atoms with Gasteiger partial charge in [0.2, 0.25) is 0 Å². The third-order valence-electron chi connectivity index (χ3n) is 26.5. The summed E-state index contributed by atoms with van der Waals surface area (Å²) in [7, 11) is 0. The Hall–Kier alpha value is -14.6. The van der Waals surface area contributed by atoms with Crippen molar-refractivity contribution in [3.8, 4) is 94.7 Å². The number of hydrogen-bond acceptors (Lipinski definition) is 2. The highest BCUT2D eigenvalue weighted by molar-refractivity contribution is 6.12. The monoisotopic (exact) mass is 1500 g/mol. The van der Waals surface area contributed by atoms with E-state index in [-0.39, 0.29) is 10.8 Å². The zero-order chi connectivity index (χ0) is 78.5. The van der Waals surface area contributed by atoms with E-state index in [1.807, 2.05) is 0 Å². The van der Waals surface area contributed by atoms with Crippen LogP contribution in [0.25, 0.3) is 117 Å². The molecule has 0 amide bonds. The third kappa shape index (κ3) is 10.0. The Morgan fingerprint density at radius 3 is 1.12 bits per heavy atom. The first-order valence-corrected chi connectivity index (χ1v) is 41.4. The van der Waals surface area contributed by atoms with Gasteiger partial charge in [0.1, 0.15) is 0 Å². The van der Waals surface area contributed by atoms with Crippen molar-refractivity contribution >= 4 is 55.9 Å². The van der Waals surface area contributed by atoms with Crippen LogP contribution >= 0.6 is 0 Å². The quantitative estimate of drug-likeness (QED) is 0.135. The van der Waals surface area contributed by atoms with E-state index in [1.165, 1.54) is 183 Å². The first-order valence-electron chi connectivity index (χ1n) is 41.4. The number of hydrogen-bond donors (Lipinski definition) is 0. The topological polar surface area (TPSA) is 11.4 Å². The van der Waals surface area contributed by atoms with Crippen LogP contribution in [0.1, 0.15) is 80.6 Å². The lowest BCUT2D eigenvalue weighted by atomic mass is 9.70. The second-order valence-corrected chi connectivity index (χ2v) is 32.9. The summed E-state index contributed by atoms with van der Waals surface area (Å²) < 4.78 is 2.41. The maximum absolute atomic E-state index is 2.55. The number of benzene rings is 18. The second kappa shape index (κ2) is 26.7. The van der Waals surface area contributed by atoms with Gasteiger partial charge in [-0.1, -0.05) is 341 Å². The molecule has 0 unspecified atom stereocenters. The van der Waals surface area contributed by atoms with Crippen LogP contribution in [-0.2, 0) is 16.2 Å². The highest BCUT2D eigenvalue weighted by atomic mass is 15.2. The molecule has 24 rings (SSSR count). The number of aryl methyl sites for hydroxylation is 2. The van der Waals surface area contributed by atoms with Gasteiger partial charge in [0, 0.05) is 55.9 Å². The van der Waals surface area contributed by atoms with Gasteiger partial charge in [-0.2, -0.15) is 0 Å². The molecule has 0 saturated carbocycles. The fourth-order valence-corrected chi connectivity index (χ4v) is 21.5. The van der Waals surface area contributed by atoms with Gasteiger partial charge in [0.05, 0.1) is 27.6 Å². The predicted octanol–water partition coefficient (Wildman–Crippen LogP) is 30.0. The summed E-state index contributed by atoms with van der Waals surface area (Å²) in [6.45, 7) is 9.23. The molecule has 5 aliphatic carbocycles. The van der Waals surface area contributed by atoms with E-state index in [0.29, 0.717) is 0 Å². The van der Waals surface area contributed by atoms with Crippen LogP contribution < -0.4 is 9.80 Å². The summed E-state index contributed by atoms with van der Waals surface area (Å²) in [5.41, 5.74) is 46.1. The average Bonchev–Trinajstić information content (AvgIpc) is 1.51. The standard InChI is InChI=1S/C58H40N2.C57H41N/c1-57(2)47-24-11-6-19-40(47)43-33-31-39(36-52(43)57)59(38-32-34-54-46(35-38)44-22-10-15-29-53(44)60(54)37-17-4-3-5-18-37)55-30-16-28-51-56(55)45-23-9-14-27-50(45)58(51)48-25-12-7-20-41(48)42-21-8-13-26-49(42)58;1-38-36-43(40-16-5-3-6-17-40)30-34-54(38)58(55-35-31-44(37-39(55)2)41-18-7-4-8-19-41)45-32-28-42(29-33-45)46-23-15-27-53-56(46)49-22-11-14-26-52(49)57(53)50-24-12-9-20-47(50)48-21-10-13-25-51(48)57/h3-36H,1-2H3;3-37H,1-2H3. The molecule has 2 spiro atoms. The normalized spacial score (nSPS) is 13.6. The van der Waals surface area contributed by atoms with E-state index in [2.05, 4.69) is 461 Å². The second-order valence-electron chi connectivity index (χ2n) is 32.9. The molecule has 3 nitrogen and oxygen atoms in total. The molecule has 18 aromatic carbocycles. The van der Waals surface area contributed by atoms with Gasteiger partial charge < -0.3 is 14.4 Å². The van der Waals surface area contributed by atoms with E-state index >= 15 is 0 Å². The Labute approximate surface area is 689 Å². The van der Waals surface area contributed by atoms with Crippen LogP contribution in [0.2, 0.25) is 0 Å². The molecule has 0 aliphatic heterocycles. The van der Waals surface area contributed by atoms with Crippen LogP contribution in [0.15, 0.2) is 419 Å². The summed E-state index contributed by atoms with van der Waals surface area (Å²) in [6.07, 6.45) is 0. The van der Waals surface area contributed by atoms with E-state index in [1.54, 1.807) is 0 Å². The maximum atomic E-state index is 2.55.